The van der Waals surface area contributed by atoms with E-state index >= 15 is 0 Å². The molecule has 1 aromatic rings. The maximum atomic E-state index is 11.6. The fourth-order valence-electron chi connectivity index (χ4n) is 2.74. The molecule has 0 saturated carbocycles. The molecule has 3 nitrogen and oxygen atoms in total. The molecule has 0 aromatic heterocycles. The van der Waals surface area contributed by atoms with Crippen LogP contribution in [0, 0.1) is 0 Å². The van der Waals surface area contributed by atoms with Crippen LogP contribution in [0.2, 0.25) is 0 Å². The lowest BCUT2D eigenvalue weighted by atomic mass is 10.1. The lowest BCUT2D eigenvalue weighted by molar-refractivity contribution is -0.137. The van der Waals surface area contributed by atoms with Gasteiger partial charge in [-0.3, -0.25) is 0 Å². The second-order valence-electron chi connectivity index (χ2n) is 6.63. The molecule has 0 unspecified atom stereocenters. The van der Waals surface area contributed by atoms with Gasteiger partial charge in [-0.2, -0.15) is 0 Å². The van der Waals surface area contributed by atoms with Crippen LogP contribution >= 0.6 is 0 Å². The molecule has 1 rings (SSSR count). The van der Waals surface area contributed by atoms with Crippen molar-refractivity contribution >= 4 is 12.0 Å². The zero-order valence-electron chi connectivity index (χ0n) is 15.7. The van der Waals surface area contributed by atoms with Gasteiger partial charge in [0.15, 0.2) is 0 Å². The number of esters is 1. The van der Waals surface area contributed by atoms with Crippen molar-refractivity contribution in [1.29, 1.82) is 0 Å². The standard InChI is InChI=1S/C22H34O3/c1-2-3-4-5-6-7-8-9-10-11-12-19-25-22(24)18-15-20-13-16-21(23)17-14-20/h13-18,23H,2-12,19H2,1H3. The minimum Gasteiger partial charge on any atom is -0.508 e. The number of ether oxygens (including phenoxy) is 1. The van der Waals surface area contributed by atoms with E-state index in [-0.39, 0.29) is 11.7 Å². The fraction of sp³-hybridized carbons (Fsp3) is 0.591. The molecule has 0 saturated heterocycles. The van der Waals surface area contributed by atoms with Gasteiger partial charge in [0.05, 0.1) is 6.61 Å². The van der Waals surface area contributed by atoms with Crippen molar-refractivity contribution in [3.8, 4) is 5.75 Å². The number of phenols is 1. The summed E-state index contributed by atoms with van der Waals surface area (Å²) in [6.45, 7) is 2.75. The van der Waals surface area contributed by atoms with E-state index in [0.717, 1.165) is 18.4 Å². The van der Waals surface area contributed by atoms with Crippen LogP contribution in [-0.2, 0) is 9.53 Å². The minimum absolute atomic E-state index is 0.219. The van der Waals surface area contributed by atoms with Crippen LogP contribution in [0.25, 0.3) is 6.08 Å². The van der Waals surface area contributed by atoms with Gasteiger partial charge in [0.1, 0.15) is 5.75 Å². The van der Waals surface area contributed by atoms with Gasteiger partial charge in [0.25, 0.3) is 0 Å². The first-order valence-electron chi connectivity index (χ1n) is 9.86. The molecular weight excluding hydrogens is 312 g/mol. The molecule has 0 fully saturated rings. The van der Waals surface area contributed by atoms with Crippen LogP contribution < -0.4 is 0 Å². The van der Waals surface area contributed by atoms with Crippen LogP contribution in [0.1, 0.15) is 83.1 Å². The van der Waals surface area contributed by atoms with Crippen molar-refractivity contribution in [1.82, 2.24) is 0 Å². The molecule has 0 amide bonds. The Labute approximate surface area is 153 Å². The summed E-state index contributed by atoms with van der Waals surface area (Å²) < 4.78 is 5.19. The van der Waals surface area contributed by atoms with Gasteiger partial charge in [-0.1, -0.05) is 83.3 Å². The van der Waals surface area contributed by atoms with Crippen LogP contribution in [0.5, 0.6) is 5.75 Å². The molecule has 0 heterocycles. The third kappa shape index (κ3) is 12.3. The predicted octanol–water partition coefficient (Wildman–Crippen LogP) is 6.26. The molecule has 0 bridgehead atoms. The van der Waals surface area contributed by atoms with Gasteiger partial charge in [-0.15, -0.1) is 0 Å². The SMILES string of the molecule is CCCCCCCCCCCCCOC(=O)C=Cc1ccc(O)cc1. The Morgan fingerprint density at radius 3 is 1.96 bits per heavy atom. The molecule has 0 spiro atoms. The van der Waals surface area contributed by atoms with Crippen molar-refractivity contribution in [3.63, 3.8) is 0 Å². The number of benzene rings is 1. The maximum absolute atomic E-state index is 11.6. The smallest absolute Gasteiger partial charge is 0.330 e. The number of carbonyl (C=O) groups is 1. The molecular formula is C22H34O3. The first-order valence-corrected chi connectivity index (χ1v) is 9.86. The highest BCUT2D eigenvalue weighted by Crippen LogP contribution is 2.12. The summed E-state index contributed by atoms with van der Waals surface area (Å²) >= 11 is 0. The normalized spacial score (nSPS) is 11.1. The number of unbranched alkanes of at least 4 members (excludes halogenated alkanes) is 10. The minimum atomic E-state index is -0.305. The molecule has 0 aliphatic carbocycles. The van der Waals surface area contributed by atoms with Crippen LogP contribution in [0.4, 0.5) is 0 Å². The van der Waals surface area contributed by atoms with Gasteiger partial charge >= 0.3 is 5.97 Å². The molecule has 0 radical (unpaired) electrons. The lowest BCUT2D eigenvalue weighted by Gasteiger charge is -2.03. The molecule has 1 aromatic carbocycles. The highest BCUT2D eigenvalue weighted by Gasteiger charge is 1.98. The monoisotopic (exact) mass is 346 g/mol. The van der Waals surface area contributed by atoms with Crippen LogP contribution in [-0.4, -0.2) is 17.7 Å². The average molecular weight is 347 g/mol. The Hall–Kier alpha value is -1.77. The summed E-state index contributed by atoms with van der Waals surface area (Å²) in [5.74, 6) is -0.0867. The van der Waals surface area contributed by atoms with Crippen molar-refractivity contribution in [2.24, 2.45) is 0 Å². The molecule has 0 atom stereocenters. The van der Waals surface area contributed by atoms with Crippen molar-refractivity contribution in [2.45, 2.75) is 77.6 Å². The summed E-state index contributed by atoms with van der Waals surface area (Å²) in [4.78, 5) is 11.6. The first-order chi connectivity index (χ1) is 12.2. The topological polar surface area (TPSA) is 46.5 Å². The Bertz CT molecular complexity index is 477. The van der Waals surface area contributed by atoms with E-state index in [9.17, 15) is 9.90 Å². The third-order valence-corrected chi connectivity index (χ3v) is 4.30. The average Bonchev–Trinajstić information content (AvgIpc) is 2.62. The highest BCUT2D eigenvalue weighted by atomic mass is 16.5. The molecule has 0 aliphatic heterocycles. The third-order valence-electron chi connectivity index (χ3n) is 4.30. The number of carbonyl (C=O) groups excluding carboxylic acids is 1. The maximum Gasteiger partial charge on any atom is 0.330 e. The fourth-order valence-corrected chi connectivity index (χ4v) is 2.74. The summed E-state index contributed by atoms with van der Waals surface area (Å²) in [7, 11) is 0. The van der Waals surface area contributed by atoms with Crippen molar-refractivity contribution in [3.05, 3.63) is 35.9 Å². The molecule has 1 N–H and O–H groups in total. The Kier molecular flexibility index (Phi) is 12.4. The largest absolute Gasteiger partial charge is 0.508 e. The number of phenolic OH excluding ortho intramolecular Hbond substituents is 1. The second kappa shape index (κ2) is 14.6. The quantitative estimate of drug-likeness (QED) is 0.246. The summed E-state index contributed by atoms with van der Waals surface area (Å²) in [5, 5.41) is 9.20. The second-order valence-corrected chi connectivity index (χ2v) is 6.63. The number of rotatable bonds is 14. The van der Waals surface area contributed by atoms with Crippen LogP contribution in [0.15, 0.2) is 30.3 Å². The van der Waals surface area contributed by atoms with Gasteiger partial charge in [-0.25, -0.2) is 4.79 Å². The summed E-state index contributed by atoms with van der Waals surface area (Å²) in [5.41, 5.74) is 0.865. The van der Waals surface area contributed by atoms with Crippen LogP contribution in [0.3, 0.4) is 0 Å². The number of hydrogen-bond acceptors (Lipinski definition) is 3. The van der Waals surface area contributed by atoms with Gasteiger partial charge in [0, 0.05) is 6.08 Å². The highest BCUT2D eigenvalue weighted by molar-refractivity contribution is 5.87. The van der Waals surface area contributed by atoms with E-state index in [2.05, 4.69) is 6.92 Å². The van der Waals surface area contributed by atoms with E-state index in [0.29, 0.717) is 6.61 Å². The Morgan fingerprint density at radius 2 is 1.40 bits per heavy atom. The first kappa shape index (κ1) is 21.3. The molecule has 140 valence electrons. The molecule has 0 aliphatic rings. The van der Waals surface area contributed by atoms with E-state index in [1.165, 1.54) is 63.9 Å². The zero-order valence-corrected chi connectivity index (χ0v) is 15.7. The number of hydrogen-bond donors (Lipinski definition) is 1. The zero-order chi connectivity index (χ0) is 18.2. The molecule has 25 heavy (non-hydrogen) atoms. The van der Waals surface area contributed by atoms with E-state index < -0.39 is 0 Å². The summed E-state index contributed by atoms with van der Waals surface area (Å²) in [6, 6.07) is 6.69. The van der Waals surface area contributed by atoms with Crippen molar-refractivity contribution in [2.75, 3.05) is 6.61 Å². The van der Waals surface area contributed by atoms with Gasteiger partial charge in [0.2, 0.25) is 0 Å². The lowest BCUT2D eigenvalue weighted by Crippen LogP contribution is -2.02. The van der Waals surface area contributed by atoms with E-state index in [1.54, 1.807) is 30.3 Å². The molecule has 3 heteroatoms. The number of aromatic hydroxyl groups is 1. The van der Waals surface area contributed by atoms with Gasteiger partial charge < -0.3 is 9.84 Å². The Morgan fingerprint density at radius 1 is 0.880 bits per heavy atom. The summed E-state index contributed by atoms with van der Waals surface area (Å²) in [6.07, 6.45) is 17.3. The Balaban J connectivity index is 1.92. The predicted molar refractivity (Wildman–Crippen MR) is 105 cm³/mol. The van der Waals surface area contributed by atoms with Crippen molar-refractivity contribution < 1.29 is 14.6 Å². The van der Waals surface area contributed by atoms with Gasteiger partial charge in [-0.05, 0) is 30.2 Å². The van der Waals surface area contributed by atoms with E-state index in [1.807, 2.05) is 0 Å². The van der Waals surface area contributed by atoms with E-state index in [4.69, 9.17) is 4.74 Å².